The molecule has 0 fully saturated rings. The van der Waals surface area contributed by atoms with Crippen LogP contribution in [0.2, 0.25) is 0 Å². The fourth-order valence-electron chi connectivity index (χ4n) is 3.72. The molecule has 0 unspecified atom stereocenters. The summed E-state index contributed by atoms with van der Waals surface area (Å²) < 4.78 is 5.57. The summed E-state index contributed by atoms with van der Waals surface area (Å²) >= 11 is 0. The van der Waals surface area contributed by atoms with E-state index in [0.717, 1.165) is 10.9 Å². The Morgan fingerprint density at radius 3 is 2.08 bits per heavy atom. The van der Waals surface area contributed by atoms with Crippen LogP contribution < -0.4 is 0 Å². The molecule has 5 rings (SSSR count). The van der Waals surface area contributed by atoms with Crippen molar-refractivity contribution in [3.63, 3.8) is 0 Å². The fraction of sp³-hybridized carbons (Fsp3) is 0.0417. The Morgan fingerprint density at radius 2 is 1.31 bits per heavy atom. The topological polar surface area (TPSA) is 26.3 Å². The van der Waals surface area contributed by atoms with Gasteiger partial charge >= 0.3 is 5.97 Å². The molecular weight excluding hydrogens is 320 g/mol. The summed E-state index contributed by atoms with van der Waals surface area (Å²) in [6.45, 7) is 0.266. The number of esters is 1. The molecule has 0 aliphatic heterocycles. The monoisotopic (exact) mass is 336 g/mol. The predicted molar refractivity (Wildman–Crippen MR) is 106 cm³/mol. The van der Waals surface area contributed by atoms with Crippen molar-refractivity contribution in [1.29, 1.82) is 0 Å². The van der Waals surface area contributed by atoms with Crippen LogP contribution in [0.3, 0.4) is 0 Å². The molecule has 0 radical (unpaired) electrons. The molecular formula is C24H16O2. The third-order valence-electron chi connectivity index (χ3n) is 4.99. The first-order valence-electron chi connectivity index (χ1n) is 8.69. The zero-order chi connectivity index (χ0) is 17.5. The summed E-state index contributed by atoms with van der Waals surface area (Å²) in [5, 5.41) is 7.35. The molecule has 0 saturated carbocycles. The van der Waals surface area contributed by atoms with Crippen molar-refractivity contribution in [2.45, 2.75) is 6.61 Å². The third-order valence-corrected chi connectivity index (χ3v) is 4.99. The molecule has 0 bridgehead atoms. The van der Waals surface area contributed by atoms with Crippen LogP contribution in [0, 0.1) is 0 Å². The summed E-state index contributed by atoms with van der Waals surface area (Å²) in [6, 6.07) is 28.2. The van der Waals surface area contributed by atoms with Gasteiger partial charge < -0.3 is 4.74 Å². The lowest BCUT2D eigenvalue weighted by Crippen LogP contribution is -2.05. The molecule has 26 heavy (non-hydrogen) atoms. The number of hydrogen-bond donors (Lipinski definition) is 0. The Kier molecular flexibility index (Phi) is 3.36. The molecule has 5 aromatic carbocycles. The van der Waals surface area contributed by atoms with Crippen LogP contribution in [0.25, 0.3) is 32.3 Å². The molecule has 0 saturated heterocycles. The fourth-order valence-corrected chi connectivity index (χ4v) is 3.72. The minimum atomic E-state index is -0.295. The van der Waals surface area contributed by atoms with E-state index in [2.05, 4.69) is 54.6 Å². The average Bonchev–Trinajstić information content (AvgIpc) is 2.71. The van der Waals surface area contributed by atoms with Crippen molar-refractivity contribution in [1.82, 2.24) is 0 Å². The summed E-state index contributed by atoms with van der Waals surface area (Å²) in [4.78, 5) is 12.3. The molecule has 0 spiro atoms. The van der Waals surface area contributed by atoms with Crippen molar-refractivity contribution in [3.8, 4) is 0 Å². The van der Waals surface area contributed by atoms with Gasteiger partial charge in [0.2, 0.25) is 0 Å². The smallest absolute Gasteiger partial charge is 0.338 e. The van der Waals surface area contributed by atoms with Gasteiger partial charge in [0.1, 0.15) is 6.61 Å². The van der Waals surface area contributed by atoms with Crippen LogP contribution >= 0.6 is 0 Å². The third kappa shape index (κ3) is 2.31. The van der Waals surface area contributed by atoms with Crippen molar-refractivity contribution >= 4 is 38.3 Å². The largest absolute Gasteiger partial charge is 0.457 e. The Bertz CT molecular complexity index is 1220. The Labute approximate surface area is 151 Å². The number of ether oxygens (including phenoxy) is 1. The minimum absolute atomic E-state index is 0.266. The van der Waals surface area contributed by atoms with Gasteiger partial charge in [-0.05, 0) is 50.0 Å². The highest BCUT2D eigenvalue weighted by molar-refractivity contribution is 6.23. The average molecular weight is 336 g/mol. The van der Waals surface area contributed by atoms with E-state index in [1.807, 2.05) is 18.2 Å². The number of carbonyl (C=O) groups excluding carboxylic acids is 1. The van der Waals surface area contributed by atoms with Gasteiger partial charge in [-0.15, -0.1) is 0 Å². The first-order valence-corrected chi connectivity index (χ1v) is 8.69. The van der Waals surface area contributed by atoms with Crippen molar-refractivity contribution in [2.24, 2.45) is 0 Å². The van der Waals surface area contributed by atoms with Gasteiger partial charge in [0.15, 0.2) is 0 Å². The van der Waals surface area contributed by atoms with Crippen molar-refractivity contribution < 1.29 is 9.53 Å². The van der Waals surface area contributed by atoms with E-state index in [1.165, 1.54) is 26.9 Å². The van der Waals surface area contributed by atoms with Crippen LogP contribution in [0.4, 0.5) is 0 Å². The Hall–Kier alpha value is -3.39. The summed E-state index contributed by atoms with van der Waals surface area (Å²) in [6.07, 6.45) is 0. The molecule has 5 aromatic rings. The molecule has 2 heteroatoms. The second-order valence-corrected chi connectivity index (χ2v) is 6.52. The van der Waals surface area contributed by atoms with E-state index in [4.69, 9.17) is 4.74 Å². The first-order chi connectivity index (χ1) is 12.8. The maximum atomic E-state index is 12.3. The van der Waals surface area contributed by atoms with Gasteiger partial charge in [0, 0.05) is 0 Å². The number of benzene rings is 5. The highest BCUT2D eigenvalue weighted by Gasteiger charge is 2.12. The quantitative estimate of drug-likeness (QED) is 0.301. The summed E-state index contributed by atoms with van der Waals surface area (Å²) in [5.74, 6) is -0.295. The summed E-state index contributed by atoms with van der Waals surface area (Å²) in [7, 11) is 0. The minimum Gasteiger partial charge on any atom is -0.457 e. The maximum absolute atomic E-state index is 12.3. The Balaban J connectivity index is 1.59. The Morgan fingerprint density at radius 1 is 0.654 bits per heavy atom. The maximum Gasteiger partial charge on any atom is 0.338 e. The van der Waals surface area contributed by atoms with Crippen LogP contribution in [-0.4, -0.2) is 5.97 Å². The van der Waals surface area contributed by atoms with E-state index in [9.17, 15) is 4.79 Å². The molecule has 0 atom stereocenters. The number of carbonyl (C=O) groups is 1. The lowest BCUT2D eigenvalue weighted by atomic mass is 9.92. The van der Waals surface area contributed by atoms with Gasteiger partial charge in [-0.3, -0.25) is 0 Å². The van der Waals surface area contributed by atoms with E-state index in [-0.39, 0.29) is 12.6 Å². The van der Waals surface area contributed by atoms with Crippen LogP contribution in [0.5, 0.6) is 0 Å². The van der Waals surface area contributed by atoms with Crippen molar-refractivity contribution in [3.05, 3.63) is 96.1 Å². The van der Waals surface area contributed by atoms with E-state index in [1.54, 1.807) is 12.1 Å². The molecule has 0 aromatic heterocycles. The lowest BCUT2D eigenvalue weighted by Gasteiger charge is -2.14. The molecule has 2 nitrogen and oxygen atoms in total. The van der Waals surface area contributed by atoms with Crippen LogP contribution in [0.1, 0.15) is 15.9 Å². The van der Waals surface area contributed by atoms with Gasteiger partial charge in [-0.2, -0.15) is 0 Å². The second-order valence-electron chi connectivity index (χ2n) is 6.52. The van der Waals surface area contributed by atoms with Gasteiger partial charge in [0.05, 0.1) is 5.56 Å². The standard InChI is InChI=1S/C24H16O2/c25-24(19-5-2-1-3-6-19)26-15-20-12-11-18-10-9-16-7-4-8-17-13-14-21(20)23(18)22(16)17/h1-14H,15H2. The second kappa shape index (κ2) is 5.85. The van der Waals surface area contributed by atoms with Crippen LogP contribution in [-0.2, 0) is 11.3 Å². The van der Waals surface area contributed by atoms with Crippen molar-refractivity contribution in [2.75, 3.05) is 0 Å². The van der Waals surface area contributed by atoms with Crippen LogP contribution in [0.15, 0.2) is 84.9 Å². The zero-order valence-electron chi connectivity index (χ0n) is 14.1. The zero-order valence-corrected chi connectivity index (χ0v) is 14.1. The molecule has 0 aliphatic rings. The first kappa shape index (κ1) is 14.9. The molecule has 124 valence electrons. The molecule has 0 N–H and O–H groups in total. The molecule has 0 aliphatic carbocycles. The lowest BCUT2D eigenvalue weighted by molar-refractivity contribution is 0.0474. The summed E-state index contributed by atoms with van der Waals surface area (Å²) in [5.41, 5.74) is 1.60. The van der Waals surface area contributed by atoms with E-state index >= 15 is 0 Å². The molecule has 0 heterocycles. The van der Waals surface area contributed by atoms with E-state index in [0.29, 0.717) is 5.56 Å². The number of hydrogen-bond acceptors (Lipinski definition) is 2. The van der Waals surface area contributed by atoms with Gasteiger partial charge in [-0.25, -0.2) is 4.79 Å². The molecule has 0 amide bonds. The van der Waals surface area contributed by atoms with Gasteiger partial charge in [-0.1, -0.05) is 72.8 Å². The number of rotatable bonds is 3. The van der Waals surface area contributed by atoms with E-state index < -0.39 is 0 Å². The SMILES string of the molecule is O=C(OCc1ccc2ccc3cccc4ccc1c2c34)c1ccccc1. The normalized spacial score (nSPS) is 11.4. The van der Waals surface area contributed by atoms with Gasteiger partial charge in [0.25, 0.3) is 0 Å². The highest BCUT2D eigenvalue weighted by Crippen LogP contribution is 2.36. The highest BCUT2D eigenvalue weighted by atomic mass is 16.5. The predicted octanol–water partition coefficient (Wildman–Crippen LogP) is 5.94.